The van der Waals surface area contributed by atoms with Crippen LogP contribution in [0.4, 0.5) is 0 Å². The van der Waals surface area contributed by atoms with Gasteiger partial charge >= 0.3 is 5.97 Å². The minimum Gasteiger partial charge on any atom is -0.488 e. The van der Waals surface area contributed by atoms with Gasteiger partial charge in [0, 0.05) is 17.7 Å². The molecular formula is C22H26ClNO4. The number of hydrogen-bond acceptors (Lipinski definition) is 5. The number of rotatable bonds is 7. The normalized spacial score (nSPS) is 12.3. The Balaban J connectivity index is 0.00000280. The van der Waals surface area contributed by atoms with Crippen LogP contribution >= 0.6 is 12.4 Å². The van der Waals surface area contributed by atoms with Gasteiger partial charge in [-0.15, -0.1) is 12.4 Å². The van der Waals surface area contributed by atoms with Crippen molar-refractivity contribution in [2.45, 2.75) is 26.9 Å². The molecule has 1 aliphatic rings. The van der Waals surface area contributed by atoms with Gasteiger partial charge in [0.1, 0.15) is 19.0 Å². The van der Waals surface area contributed by atoms with E-state index in [1.165, 1.54) is 0 Å². The van der Waals surface area contributed by atoms with E-state index in [4.69, 9.17) is 9.47 Å². The lowest BCUT2D eigenvalue weighted by atomic mass is 9.97. The van der Waals surface area contributed by atoms with Crippen molar-refractivity contribution in [1.82, 2.24) is 4.90 Å². The number of ether oxygens (including phenoxy) is 2. The molecule has 6 heteroatoms. The van der Waals surface area contributed by atoms with E-state index >= 15 is 0 Å². The summed E-state index contributed by atoms with van der Waals surface area (Å²) in [6, 6.07) is 12.8. The van der Waals surface area contributed by atoms with Gasteiger partial charge in [-0.2, -0.15) is 0 Å². The largest absolute Gasteiger partial charge is 0.488 e. The van der Waals surface area contributed by atoms with E-state index in [2.05, 4.69) is 18.7 Å². The summed E-state index contributed by atoms with van der Waals surface area (Å²) < 4.78 is 11.1. The number of ketones is 1. The third-order valence-corrected chi connectivity index (χ3v) is 4.85. The molecule has 0 aromatic heterocycles. The molecule has 2 aromatic carbocycles. The number of carbonyl (C=O) groups is 2. The molecule has 1 aliphatic heterocycles. The monoisotopic (exact) mass is 403 g/mol. The van der Waals surface area contributed by atoms with E-state index in [9.17, 15) is 9.59 Å². The zero-order valence-corrected chi connectivity index (χ0v) is 17.1. The first-order valence-corrected chi connectivity index (χ1v) is 9.38. The molecule has 2 aromatic rings. The van der Waals surface area contributed by atoms with Crippen molar-refractivity contribution in [3.63, 3.8) is 0 Å². The Morgan fingerprint density at radius 1 is 1.11 bits per heavy atom. The van der Waals surface area contributed by atoms with Gasteiger partial charge in [0.25, 0.3) is 0 Å². The van der Waals surface area contributed by atoms with Crippen molar-refractivity contribution in [3.05, 3.63) is 64.7 Å². The van der Waals surface area contributed by atoms with E-state index in [0.717, 1.165) is 30.8 Å². The van der Waals surface area contributed by atoms with Gasteiger partial charge in [0.2, 0.25) is 0 Å². The van der Waals surface area contributed by atoms with Crippen LogP contribution < -0.4 is 4.74 Å². The Labute approximate surface area is 172 Å². The highest BCUT2D eigenvalue weighted by Gasteiger charge is 2.22. The van der Waals surface area contributed by atoms with E-state index in [-0.39, 0.29) is 30.6 Å². The summed E-state index contributed by atoms with van der Waals surface area (Å²) >= 11 is 0. The number of hydrogen-bond donors (Lipinski definition) is 0. The molecule has 0 fully saturated rings. The second-order valence-corrected chi connectivity index (χ2v) is 6.53. The molecule has 0 amide bonds. The molecular weight excluding hydrogens is 378 g/mol. The summed E-state index contributed by atoms with van der Waals surface area (Å²) in [5.41, 5.74) is 2.76. The number of likely N-dealkylation sites (N-methyl/N-ethyl adjacent to an activating group) is 1. The van der Waals surface area contributed by atoms with Crippen LogP contribution in [0.5, 0.6) is 5.75 Å². The smallest absolute Gasteiger partial charge is 0.310 e. The van der Waals surface area contributed by atoms with Gasteiger partial charge in [-0.05, 0) is 30.8 Å². The van der Waals surface area contributed by atoms with E-state index in [1.807, 2.05) is 30.3 Å². The molecule has 1 heterocycles. The minimum atomic E-state index is -0.288. The first-order valence-electron chi connectivity index (χ1n) is 9.38. The number of carbonyl (C=O) groups excluding carboxylic acids is 2. The number of halogens is 1. The fraction of sp³-hybridized carbons (Fsp3) is 0.364. The zero-order valence-electron chi connectivity index (χ0n) is 16.3. The van der Waals surface area contributed by atoms with E-state index < -0.39 is 0 Å². The Bertz CT molecular complexity index is 833. The van der Waals surface area contributed by atoms with Gasteiger partial charge in [0.15, 0.2) is 5.78 Å². The van der Waals surface area contributed by atoms with Crippen LogP contribution in [-0.2, 0) is 22.6 Å². The minimum absolute atomic E-state index is 0. The molecule has 0 radical (unpaired) electrons. The molecule has 28 heavy (non-hydrogen) atoms. The van der Waals surface area contributed by atoms with Gasteiger partial charge in [-0.3, -0.25) is 9.59 Å². The van der Waals surface area contributed by atoms with Gasteiger partial charge in [-0.1, -0.05) is 44.2 Å². The summed E-state index contributed by atoms with van der Waals surface area (Å²) in [4.78, 5) is 27.2. The van der Waals surface area contributed by atoms with Crippen molar-refractivity contribution in [1.29, 1.82) is 0 Å². The van der Waals surface area contributed by atoms with Crippen LogP contribution in [0, 0.1) is 0 Å². The molecule has 0 saturated heterocycles. The SMILES string of the molecule is CCN(CC)CCOC(=O)Cc1ccc2c(c1)C(=O)c1ccccc1CO2.Cl. The molecule has 0 aliphatic carbocycles. The molecule has 150 valence electrons. The predicted octanol–water partition coefficient (Wildman–Crippen LogP) is 3.66. The highest BCUT2D eigenvalue weighted by molar-refractivity contribution is 6.12. The lowest BCUT2D eigenvalue weighted by Crippen LogP contribution is -2.28. The Hall–Kier alpha value is -2.37. The maximum Gasteiger partial charge on any atom is 0.310 e. The maximum atomic E-state index is 12.9. The standard InChI is InChI=1S/C22H25NO4.ClH/c1-3-23(4-2)11-12-26-21(24)14-16-9-10-20-19(13-16)22(25)18-8-6-5-7-17(18)15-27-20;/h5-10,13H,3-4,11-12,14-15H2,1-2H3;1H. The fourth-order valence-electron chi connectivity index (χ4n) is 3.20. The lowest BCUT2D eigenvalue weighted by Gasteiger charge is -2.17. The van der Waals surface area contributed by atoms with Gasteiger partial charge in [0.05, 0.1) is 12.0 Å². The Morgan fingerprint density at radius 3 is 2.61 bits per heavy atom. The molecule has 5 nitrogen and oxygen atoms in total. The predicted molar refractivity (Wildman–Crippen MR) is 110 cm³/mol. The topological polar surface area (TPSA) is 55.8 Å². The Kier molecular flexibility index (Phi) is 8.03. The van der Waals surface area contributed by atoms with E-state index in [1.54, 1.807) is 12.1 Å². The van der Waals surface area contributed by atoms with Crippen molar-refractivity contribution < 1.29 is 19.1 Å². The third-order valence-electron chi connectivity index (χ3n) is 4.85. The van der Waals surface area contributed by atoms with Crippen LogP contribution in [0.2, 0.25) is 0 Å². The third kappa shape index (κ3) is 5.12. The van der Waals surface area contributed by atoms with E-state index in [0.29, 0.717) is 30.1 Å². The molecule has 0 saturated carbocycles. The quantitative estimate of drug-likeness (QED) is 0.660. The molecule has 0 N–H and O–H groups in total. The summed E-state index contributed by atoms with van der Waals surface area (Å²) in [5, 5.41) is 0. The van der Waals surface area contributed by atoms with Crippen molar-refractivity contribution in [3.8, 4) is 5.75 Å². The van der Waals surface area contributed by atoms with Crippen molar-refractivity contribution in [2.75, 3.05) is 26.2 Å². The van der Waals surface area contributed by atoms with Crippen LogP contribution in [0.25, 0.3) is 0 Å². The molecule has 0 unspecified atom stereocenters. The fourth-order valence-corrected chi connectivity index (χ4v) is 3.20. The van der Waals surface area contributed by atoms with Crippen LogP contribution in [0.1, 0.15) is 40.9 Å². The second kappa shape index (κ2) is 10.2. The van der Waals surface area contributed by atoms with Crippen LogP contribution in [0.15, 0.2) is 42.5 Å². The Morgan fingerprint density at radius 2 is 1.86 bits per heavy atom. The first kappa shape index (κ1) is 21.9. The number of esters is 1. The van der Waals surface area contributed by atoms with Gasteiger partial charge in [-0.25, -0.2) is 0 Å². The summed E-state index contributed by atoms with van der Waals surface area (Å²) in [6.45, 7) is 7.50. The highest BCUT2D eigenvalue weighted by Crippen LogP contribution is 2.29. The highest BCUT2D eigenvalue weighted by atomic mass is 35.5. The summed E-state index contributed by atoms with van der Waals surface area (Å²) in [6.07, 6.45) is 0.139. The average molecular weight is 404 g/mol. The molecule has 0 spiro atoms. The number of fused-ring (bicyclic) bond motifs is 2. The lowest BCUT2D eigenvalue weighted by molar-refractivity contribution is -0.143. The maximum absolute atomic E-state index is 12.9. The average Bonchev–Trinajstić information content (AvgIpc) is 2.83. The van der Waals surface area contributed by atoms with Crippen molar-refractivity contribution in [2.24, 2.45) is 0 Å². The van der Waals surface area contributed by atoms with Crippen LogP contribution in [0.3, 0.4) is 0 Å². The van der Waals surface area contributed by atoms with Gasteiger partial charge < -0.3 is 14.4 Å². The molecule has 0 atom stereocenters. The molecule has 0 bridgehead atoms. The second-order valence-electron chi connectivity index (χ2n) is 6.53. The zero-order chi connectivity index (χ0) is 19.2. The summed E-state index contributed by atoms with van der Waals surface area (Å²) in [7, 11) is 0. The van der Waals surface area contributed by atoms with Crippen LogP contribution in [-0.4, -0.2) is 42.9 Å². The number of benzene rings is 2. The first-order chi connectivity index (χ1) is 13.1. The molecule has 3 rings (SSSR count). The summed E-state index contributed by atoms with van der Waals surface area (Å²) in [5.74, 6) is 0.189. The number of nitrogens with zero attached hydrogens (tertiary/aromatic N) is 1. The van der Waals surface area contributed by atoms with Crippen molar-refractivity contribution >= 4 is 24.2 Å².